The number of carbonyl (C=O) groups excluding carboxylic acids is 1. The number of benzene rings is 1. The lowest BCUT2D eigenvalue weighted by Gasteiger charge is -2.30. The molecule has 1 aromatic rings. The minimum absolute atomic E-state index is 0.0400. The zero-order chi connectivity index (χ0) is 19.3. The van der Waals surface area contributed by atoms with Crippen molar-refractivity contribution in [3.8, 4) is 0 Å². The number of hydrogen-bond donors (Lipinski definition) is 3. The average Bonchev–Trinajstić information content (AvgIpc) is 2.46. The number of aliphatic carboxylic acids is 1. The summed E-state index contributed by atoms with van der Waals surface area (Å²) in [6, 6.07) is 4.35. The van der Waals surface area contributed by atoms with Crippen LogP contribution < -0.4 is 10.0 Å². The first-order valence-corrected chi connectivity index (χ1v) is 9.16. The third-order valence-corrected chi connectivity index (χ3v) is 5.09. The van der Waals surface area contributed by atoms with Gasteiger partial charge >= 0.3 is 5.97 Å². The van der Waals surface area contributed by atoms with E-state index in [0.29, 0.717) is 5.02 Å². The smallest absolute Gasteiger partial charge is 0.305 e. The van der Waals surface area contributed by atoms with Gasteiger partial charge in [-0.3, -0.25) is 9.59 Å². The summed E-state index contributed by atoms with van der Waals surface area (Å²) in [6.07, 6.45) is -0.372. The molecule has 0 aliphatic carbocycles. The van der Waals surface area contributed by atoms with Crippen LogP contribution in [0, 0.1) is 0 Å². The SMILES string of the molecule is COCC(C)(CC(=O)O)NC(=O)C(C)NS(=O)(=O)c1ccc(Cl)cc1. The van der Waals surface area contributed by atoms with E-state index in [1.807, 2.05) is 0 Å². The lowest BCUT2D eigenvalue weighted by Crippen LogP contribution is -2.56. The molecule has 1 rings (SSSR count). The van der Waals surface area contributed by atoms with Gasteiger partial charge in [-0.15, -0.1) is 0 Å². The summed E-state index contributed by atoms with van der Waals surface area (Å²) in [4.78, 5) is 23.2. The third kappa shape index (κ3) is 6.62. The number of ether oxygens (including phenoxy) is 1. The molecule has 0 radical (unpaired) electrons. The highest BCUT2D eigenvalue weighted by molar-refractivity contribution is 7.89. The number of sulfonamides is 1. The lowest BCUT2D eigenvalue weighted by atomic mass is 9.98. The number of rotatable bonds is 9. The summed E-state index contributed by atoms with van der Waals surface area (Å²) >= 11 is 5.72. The van der Waals surface area contributed by atoms with E-state index in [9.17, 15) is 18.0 Å². The largest absolute Gasteiger partial charge is 0.481 e. The molecule has 1 amide bonds. The second-order valence-corrected chi connectivity index (χ2v) is 8.00. The van der Waals surface area contributed by atoms with Crippen molar-refractivity contribution in [1.29, 1.82) is 0 Å². The van der Waals surface area contributed by atoms with Gasteiger partial charge in [-0.1, -0.05) is 11.6 Å². The number of nitrogens with one attached hydrogen (secondary N) is 2. The van der Waals surface area contributed by atoms with Gasteiger partial charge in [0, 0.05) is 12.1 Å². The van der Waals surface area contributed by atoms with Crippen LogP contribution in [0.25, 0.3) is 0 Å². The van der Waals surface area contributed by atoms with Crippen molar-refractivity contribution in [3.05, 3.63) is 29.3 Å². The van der Waals surface area contributed by atoms with Crippen LogP contribution in [0.2, 0.25) is 5.02 Å². The second-order valence-electron chi connectivity index (χ2n) is 5.85. The predicted molar refractivity (Wildman–Crippen MR) is 91.9 cm³/mol. The summed E-state index contributed by atoms with van der Waals surface area (Å²) in [5.41, 5.74) is -1.17. The first-order valence-electron chi connectivity index (χ1n) is 7.30. The number of amides is 1. The molecule has 0 fully saturated rings. The Kier molecular flexibility index (Phi) is 7.36. The van der Waals surface area contributed by atoms with Crippen molar-refractivity contribution in [1.82, 2.24) is 10.0 Å². The monoisotopic (exact) mass is 392 g/mol. The normalized spacial score (nSPS) is 15.2. The maximum Gasteiger partial charge on any atom is 0.305 e. The molecule has 8 nitrogen and oxygen atoms in total. The van der Waals surface area contributed by atoms with Gasteiger partial charge in [-0.05, 0) is 38.1 Å². The van der Waals surface area contributed by atoms with Gasteiger partial charge in [0.2, 0.25) is 15.9 Å². The topological polar surface area (TPSA) is 122 Å². The minimum atomic E-state index is -3.93. The Labute approximate surface area is 151 Å². The van der Waals surface area contributed by atoms with Gasteiger partial charge in [-0.2, -0.15) is 4.72 Å². The van der Waals surface area contributed by atoms with Gasteiger partial charge in [-0.25, -0.2) is 8.42 Å². The van der Waals surface area contributed by atoms with Crippen molar-refractivity contribution >= 4 is 33.5 Å². The highest BCUT2D eigenvalue weighted by atomic mass is 35.5. The standard InChI is InChI=1S/C15H21ClN2O6S/c1-10(14(21)17-15(2,9-24-3)8-13(19)20)18-25(22,23)12-6-4-11(16)5-7-12/h4-7,10,18H,8-9H2,1-3H3,(H,17,21)(H,19,20). The highest BCUT2D eigenvalue weighted by Crippen LogP contribution is 2.15. The van der Waals surface area contributed by atoms with Crippen molar-refractivity contribution < 1.29 is 27.9 Å². The fourth-order valence-electron chi connectivity index (χ4n) is 2.16. The van der Waals surface area contributed by atoms with E-state index in [0.717, 1.165) is 0 Å². The molecule has 0 aliphatic rings. The first kappa shape index (κ1) is 21.4. The summed E-state index contributed by atoms with van der Waals surface area (Å²) in [7, 11) is -2.56. The van der Waals surface area contributed by atoms with Gasteiger partial charge in [0.15, 0.2) is 0 Å². The molecule has 0 saturated carbocycles. The van der Waals surface area contributed by atoms with E-state index in [2.05, 4.69) is 10.0 Å². The molecule has 2 unspecified atom stereocenters. The summed E-state index contributed by atoms with van der Waals surface area (Å²) in [5.74, 6) is -1.78. The van der Waals surface area contributed by atoms with Crippen molar-refractivity contribution in [3.63, 3.8) is 0 Å². The third-order valence-electron chi connectivity index (χ3n) is 3.28. The van der Waals surface area contributed by atoms with E-state index in [1.54, 1.807) is 0 Å². The Morgan fingerprint density at radius 2 is 1.88 bits per heavy atom. The number of carboxylic acid groups (broad SMARTS) is 1. The van der Waals surface area contributed by atoms with Crippen LogP contribution >= 0.6 is 11.6 Å². The number of methoxy groups -OCH3 is 1. The summed E-state index contributed by atoms with van der Waals surface area (Å²) in [5, 5.41) is 11.9. The number of hydrogen-bond acceptors (Lipinski definition) is 5. The second kappa shape index (κ2) is 8.61. The Morgan fingerprint density at radius 3 is 2.36 bits per heavy atom. The van der Waals surface area contributed by atoms with E-state index >= 15 is 0 Å². The number of halogens is 1. The molecule has 1 aromatic carbocycles. The molecule has 3 N–H and O–H groups in total. The molecular formula is C15H21ClN2O6S. The van der Waals surface area contributed by atoms with Crippen molar-refractivity contribution in [2.24, 2.45) is 0 Å². The fourth-order valence-corrected chi connectivity index (χ4v) is 3.49. The predicted octanol–water partition coefficient (Wildman–Crippen LogP) is 1.00. The fraction of sp³-hybridized carbons (Fsp3) is 0.467. The molecule has 140 valence electrons. The minimum Gasteiger partial charge on any atom is -0.481 e. The van der Waals surface area contributed by atoms with E-state index in [4.69, 9.17) is 21.4 Å². The van der Waals surface area contributed by atoms with Crippen LogP contribution in [-0.4, -0.2) is 50.7 Å². The molecule has 25 heavy (non-hydrogen) atoms. The maximum atomic E-state index is 12.3. The molecule has 0 spiro atoms. The summed E-state index contributed by atoms with van der Waals surface area (Å²) in [6.45, 7) is 2.82. The van der Waals surface area contributed by atoms with Crippen LogP contribution in [0.4, 0.5) is 0 Å². The molecule has 0 bridgehead atoms. The van der Waals surface area contributed by atoms with Crippen LogP contribution in [-0.2, 0) is 24.3 Å². The Balaban J connectivity index is 2.84. The van der Waals surface area contributed by atoms with Gasteiger partial charge < -0.3 is 15.2 Å². The Morgan fingerprint density at radius 1 is 1.32 bits per heavy atom. The molecule has 0 heterocycles. The Bertz CT molecular complexity index is 722. The molecule has 0 aliphatic heterocycles. The van der Waals surface area contributed by atoms with E-state index < -0.39 is 33.5 Å². The zero-order valence-electron chi connectivity index (χ0n) is 14.1. The molecule has 10 heteroatoms. The first-order chi connectivity index (χ1) is 11.5. The molecular weight excluding hydrogens is 372 g/mol. The van der Waals surface area contributed by atoms with E-state index in [-0.39, 0.29) is 17.9 Å². The van der Waals surface area contributed by atoms with Crippen LogP contribution in [0.3, 0.4) is 0 Å². The zero-order valence-corrected chi connectivity index (χ0v) is 15.6. The number of carbonyl (C=O) groups is 2. The highest BCUT2D eigenvalue weighted by Gasteiger charge is 2.32. The molecule has 0 saturated heterocycles. The molecule has 0 aromatic heterocycles. The summed E-state index contributed by atoms with van der Waals surface area (Å²) < 4.78 is 31.7. The Hall–Kier alpha value is -1.68. The van der Waals surface area contributed by atoms with Gasteiger partial charge in [0.1, 0.15) is 0 Å². The van der Waals surface area contributed by atoms with Crippen LogP contribution in [0.15, 0.2) is 29.2 Å². The number of carboxylic acids is 1. The van der Waals surface area contributed by atoms with Gasteiger partial charge in [0.05, 0.1) is 29.5 Å². The quantitative estimate of drug-likeness (QED) is 0.576. The maximum absolute atomic E-state index is 12.3. The lowest BCUT2D eigenvalue weighted by molar-refractivity contribution is -0.139. The van der Waals surface area contributed by atoms with Gasteiger partial charge in [0.25, 0.3) is 0 Å². The molecule has 2 atom stereocenters. The van der Waals surface area contributed by atoms with Crippen LogP contribution in [0.1, 0.15) is 20.3 Å². The van der Waals surface area contributed by atoms with E-state index in [1.165, 1.54) is 45.2 Å². The van der Waals surface area contributed by atoms with Crippen molar-refractivity contribution in [2.75, 3.05) is 13.7 Å². The van der Waals surface area contributed by atoms with Crippen molar-refractivity contribution in [2.45, 2.75) is 36.7 Å². The van der Waals surface area contributed by atoms with Crippen LogP contribution in [0.5, 0.6) is 0 Å². The average molecular weight is 393 g/mol.